The van der Waals surface area contributed by atoms with Crippen molar-refractivity contribution in [3.05, 3.63) is 0 Å². The van der Waals surface area contributed by atoms with E-state index in [1.807, 2.05) is 0 Å². The van der Waals surface area contributed by atoms with Crippen LogP contribution in [0.5, 0.6) is 0 Å². The zero-order valence-electron chi connectivity index (χ0n) is 11.9. The first-order chi connectivity index (χ1) is 7.12. The molecule has 2 rings (SSSR count). The Hall–Kier alpha value is -0.0400. The van der Waals surface area contributed by atoms with Crippen molar-refractivity contribution in [3.63, 3.8) is 0 Å². The lowest BCUT2D eigenvalue weighted by molar-refractivity contribution is -0.181. The minimum atomic E-state index is 0.402. The summed E-state index contributed by atoms with van der Waals surface area (Å²) >= 11 is 0. The first-order valence-corrected chi connectivity index (χ1v) is 6.70. The van der Waals surface area contributed by atoms with Gasteiger partial charge in [0.2, 0.25) is 0 Å². The van der Waals surface area contributed by atoms with E-state index in [9.17, 15) is 0 Å². The van der Waals surface area contributed by atoms with Crippen LogP contribution in [0.25, 0.3) is 0 Å². The fourth-order valence-electron chi connectivity index (χ4n) is 4.34. The van der Waals surface area contributed by atoms with Crippen LogP contribution in [0.4, 0.5) is 0 Å². The van der Waals surface area contributed by atoms with Gasteiger partial charge in [-0.15, -0.1) is 0 Å². The van der Waals surface area contributed by atoms with Crippen molar-refractivity contribution in [1.29, 1.82) is 0 Å². The average molecular weight is 224 g/mol. The summed E-state index contributed by atoms with van der Waals surface area (Å²) in [4.78, 5) is 0. The molecule has 0 aromatic rings. The van der Waals surface area contributed by atoms with Crippen LogP contribution in [0.15, 0.2) is 0 Å². The van der Waals surface area contributed by atoms with Gasteiger partial charge >= 0.3 is 0 Å². The van der Waals surface area contributed by atoms with Gasteiger partial charge in [0.05, 0.1) is 6.61 Å². The van der Waals surface area contributed by atoms with Crippen LogP contribution in [0, 0.1) is 21.7 Å². The number of rotatable bonds is 0. The molecule has 2 fully saturated rings. The fourth-order valence-corrected chi connectivity index (χ4v) is 4.34. The molecule has 0 N–H and O–H groups in total. The van der Waals surface area contributed by atoms with Crippen molar-refractivity contribution < 1.29 is 4.74 Å². The third-order valence-electron chi connectivity index (χ3n) is 5.41. The monoisotopic (exact) mass is 224 g/mol. The molecule has 1 nitrogen and oxygen atoms in total. The maximum absolute atomic E-state index is 5.62. The van der Waals surface area contributed by atoms with Gasteiger partial charge in [-0.05, 0) is 40.9 Å². The summed E-state index contributed by atoms with van der Waals surface area (Å²) in [6.07, 6.45) is 4.03. The molecule has 1 saturated heterocycles. The summed E-state index contributed by atoms with van der Waals surface area (Å²) < 4.78 is 5.62. The molecule has 2 aliphatic rings. The highest BCUT2D eigenvalue weighted by atomic mass is 16.5. The second-order valence-corrected chi connectivity index (χ2v) is 8.24. The molecule has 1 aliphatic heterocycles. The van der Waals surface area contributed by atoms with Crippen LogP contribution in [-0.2, 0) is 4.74 Å². The van der Waals surface area contributed by atoms with E-state index in [-0.39, 0.29) is 0 Å². The first-order valence-electron chi connectivity index (χ1n) is 6.70. The molecule has 0 amide bonds. The molecule has 1 aliphatic carbocycles. The van der Waals surface area contributed by atoms with Crippen LogP contribution in [-0.4, -0.2) is 13.2 Å². The highest BCUT2D eigenvalue weighted by Gasteiger charge is 2.64. The van der Waals surface area contributed by atoms with Gasteiger partial charge in [0.15, 0.2) is 0 Å². The Kier molecular flexibility index (Phi) is 2.52. The zero-order valence-corrected chi connectivity index (χ0v) is 11.9. The Morgan fingerprint density at radius 2 is 1.38 bits per heavy atom. The maximum Gasteiger partial charge on any atom is 0.0523 e. The summed E-state index contributed by atoms with van der Waals surface area (Å²) in [7, 11) is 0. The Morgan fingerprint density at radius 3 is 1.69 bits per heavy atom. The second kappa shape index (κ2) is 3.25. The van der Waals surface area contributed by atoms with Gasteiger partial charge in [0.25, 0.3) is 0 Å². The van der Waals surface area contributed by atoms with Crippen LogP contribution in [0.1, 0.15) is 60.8 Å². The van der Waals surface area contributed by atoms with Crippen molar-refractivity contribution >= 4 is 0 Å². The van der Waals surface area contributed by atoms with Gasteiger partial charge < -0.3 is 4.74 Å². The highest BCUT2D eigenvalue weighted by molar-refractivity contribution is 5.13. The molecular formula is C15H28O. The predicted octanol–water partition coefficient (Wildman–Crippen LogP) is 4.27. The van der Waals surface area contributed by atoms with E-state index in [1.165, 1.54) is 19.3 Å². The molecule has 1 saturated carbocycles. The number of hydrogen-bond donors (Lipinski definition) is 0. The Bertz CT molecular complexity index is 247. The predicted molar refractivity (Wildman–Crippen MR) is 68.4 cm³/mol. The van der Waals surface area contributed by atoms with Gasteiger partial charge in [0.1, 0.15) is 0 Å². The van der Waals surface area contributed by atoms with Crippen molar-refractivity contribution in [2.24, 2.45) is 21.7 Å². The lowest BCUT2D eigenvalue weighted by Gasteiger charge is -2.67. The Morgan fingerprint density at radius 1 is 0.875 bits per heavy atom. The fraction of sp³-hybridized carbons (Fsp3) is 1.00. The topological polar surface area (TPSA) is 9.23 Å². The van der Waals surface area contributed by atoms with E-state index in [0.717, 1.165) is 13.2 Å². The van der Waals surface area contributed by atoms with Gasteiger partial charge in [-0.2, -0.15) is 0 Å². The van der Waals surface area contributed by atoms with Crippen molar-refractivity contribution in [3.8, 4) is 0 Å². The quantitative estimate of drug-likeness (QED) is 0.597. The van der Waals surface area contributed by atoms with Crippen LogP contribution < -0.4 is 0 Å². The lowest BCUT2D eigenvalue weighted by Crippen LogP contribution is -2.60. The molecule has 0 bridgehead atoms. The zero-order chi connectivity index (χ0) is 12.2. The molecule has 0 unspecified atom stereocenters. The molecule has 94 valence electrons. The largest absolute Gasteiger partial charge is 0.381 e. The molecule has 0 radical (unpaired) electrons. The summed E-state index contributed by atoms with van der Waals surface area (Å²) in [6.45, 7) is 16.5. The second-order valence-electron chi connectivity index (χ2n) is 8.24. The summed E-state index contributed by atoms with van der Waals surface area (Å²) in [5.74, 6) is 0. The molecule has 0 atom stereocenters. The highest BCUT2D eigenvalue weighted by Crippen LogP contribution is 2.71. The van der Waals surface area contributed by atoms with Crippen LogP contribution >= 0.6 is 0 Å². The first kappa shape index (κ1) is 12.4. The summed E-state index contributed by atoms with van der Waals surface area (Å²) in [6, 6.07) is 0. The number of hydrogen-bond acceptors (Lipinski definition) is 1. The van der Waals surface area contributed by atoms with E-state index in [1.54, 1.807) is 0 Å². The van der Waals surface area contributed by atoms with Gasteiger partial charge in [0, 0.05) is 6.61 Å². The molecule has 1 heterocycles. The van der Waals surface area contributed by atoms with E-state index in [4.69, 9.17) is 4.74 Å². The minimum absolute atomic E-state index is 0.402. The van der Waals surface area contributed by atoms with Crippen molar-refractivity contribution in [1.82, 2.24) is 0 Å². The number of ether oxygens (including phenoxy) is 1. The molecule has 1 spiro atoms. The van der Waals surface area contributed by atoms with E-state index < -0.39 is 0 Å². The van der Waals surface area contributed by atoms with Gasteiger partial charge in [-0.3, -0.25) is 0 Å². The van der Waals surface area contributed by atoms with Crippen LogP contribution in [0.3, 0.4) is 0 Å². The molecule has 1 heteroatoms. The maximum atomic E-state index is 5.62. The standard InChI is InChI=1S/C15H28O/c1-12(2,3)15(13(4,5)6)9-14(10-15)7-8-16-11-14/h7-11H2,1-6H3. The van der Waals surface area contributed by atoms with Crippen LogP contribution in [0.2, 0.25) is 0 Å². The van der Waals surface area contributed by atoms with Crippen molar-refractivity contribution in [2.75, 3.05) is 13.2 Å². The van der Waals surface area contributed by atoms with E-state index in [0.29, 0.717) is 21.7 Å². The molecule has 0 aromatic heterocycles. The third kappa shape index (κ3) is 1.54. The van der Waals surface area contributed by atoms with E-state index >= 15 is 0 Å². The minimum Gasteiger partial charge on any atom is -0.381 e. The lowest BCUT2D eigenvalue weighted by atomic mass is 9.37. The molecule has 0 aromatic carbocycles. The Labute approximate surface area is 101 Å². The van der Waals surface area contributed by atoms with Gasteiger partial charge in [-0.1, -0.05) is 41.5 Å². The van der Waals surface area contributed by atoms with E-state index in [2.05, 4.69) is 41.5 Å². The average Bonchev–Trinajstić information content (AvgIpc) is 2.42. The smallest absolute Gasteiger partial charge is 0.0523 e. The molecule has 16 heavy (non-hydrogen) atoms. The summed E-state index contributed by atoms with van der Waals surface area (Å²) in [5.41, 5.74) is 1.84. The van der Waals surface area contributed by atoms with Gasteiger partial charge in [-0.25, -0.2) is 0 Å². The normalized spacial score (nSPS) is 28.1. The Balaban J connectivity index is 2.22. The SMILES string of the molecule is CC(C)(C)C1(C(C)(C)C)CC2(CCOC2)C1. The van der Waals surface area contributed by atoms with Crippen molar-refractivity contribution in [2.45, 2.75) is 60.8 Å². The molecular weight excluding hydrogens is 196 g/mol. The third-order valence-corrected chi connectivity index (χ3v) is 5.41. The summed E-state index contributed by atoms with van der Waals surface area (Å²) in [5, 5.41) is 0.